The van der Waals surface area contributed by atoms with E-state index in [0.29, 0.717) is 45.3 Å². The molecule has 3 aliphatic rings. The van der Waals surface area contributed by atoms with Gasteiger partial charge in [-0.1, -0.05) is 25.5 Å². The Morgan fingerprint density at radius 2 is 1.56 bits per heavy atom. The molecule has 11 heteroatoms. The molecule has 43 heavy (non-hydrogen) atoms. The number of rotatable bonds is 10. The molecule has 234 valence electrons. The number of benzene rings is 2. The van der Waals surface area contributed by atoms with Crippen LogP contribution in [0.1, 0.15) is 51.0 Å². The van der Waals surface area contributed by atoms with Gasteiger partial charge < -0.3 is 24.8 Å². The summed E-state index contributed by atoms with van der Waals surface area (Å²) in [5, 5.41) is 14.0. The minimum atomic E-state index is -3.10. The van der Waals surface area contributed by atoms with Gasteiger partial charge in [-0.15, -0.1) is 0 Å². The van der Waals surface area contributed by atoms with Crippen LogP contribution in [0, 0.1) is 5.92 Å². The van der Waals surface area contributed by atoms with Crippen LogP contribution < -0.4 is 14.8 Å². The molecule has 0 unspecified atom stereocenters. The van der Waals surface area contributed by atoms with Crippen molar-refractivity contribution < 1.29 is 32.6 Å². The van der Waals surface area contributed by atoms with Crippen molar-refractivity contribution in [3.05, 3.63) is 54.1 Å². The second kappa shape index (κ2) is 13.2. The number of carbonyl (C=O) groups is 2. The fraction of sp³-hybridized carbons (Fsp3) is 0.562. The third-order valence-electron chi connectivity index (χ3n) is 9.22. The van der Waals surface area contributed by atoms with Gasteiger partial charge in [0.05, 0.1) is 24.7 Å². The number of ether oxygens (including phenoxy) is 2. The normalized spacial score (nSPS) is 23.1. The number of likely N-dealkylation sites (tertiary alicyclic amines) is 1. The lowest BCUT2D eigenvalue weighted by Crippen LogP contribution is -2.75. The minimum absolute atomic E-state index is 0.00132. The van der Waals surface area contributed by atoms with Gasteiger partial charge >= 0.3 is 0 Å². The maximum atomic E-state index is 13.8. The summed E-state index contributed by atoms with van der Waals surface area (Å²) in [5.74, 6) is 1.43. The predicted molar refractivity (Wildman–Crippen MR) is 163 cm³/mol. The fourth-order valence-corrected chi connectivity index (χ4v) is 8.04. The third-order valence-corrected chi connectivity index (χ3v) is 10.9. The molecule has 0 bridgehead atoms. The molecule has 0 radical (unpaired) electrons. The number of piperidine rings is 1. The van der Waals surface area contributed by atoms with Gasteiger partial charge in [-0.2, -0.15) is 0 Å². The Kier molecular flexibility index (Phi) is 9.63. The van der Waals surface area contributed by atoms with E-state index < -0.39 is 27.5 Å². The number of methoxy groups -OCH3 is 1. The van der Waals surface area contributed by atoms with Crippen molar-refractivity contribution in [1.29, 1.82) is 0 Å². The monoisotopic (exact) mass is 613 g/mol. The molecule has 2 atom stereocenters. The average Bonchev–Trinajstić information content (AvgIpc) is 3.01. The lowest BCUT2D eigenvalue weighted by molar-refractivity contribution is -0.165. The predicted octanol–water partition coefficient (Wildman–Crippen LogP) is 3.13. The van der Waals surface area contributed by atoms with E-state index in [4.69, 9.17) is 9.47 Å². The molecule has 3 fully saturated rings. The van der Waals surface area contributed by atoms with Crippen LogP contribution in [0.4, 0.5) is 0 Å². The van der Waals surface area contributed by atoms with Crippen molar-refractivity contribution in [3.63, 3.8) is 0 Å². The summed E-state index contributed by atoms with van der Waals surface area (Å²) in [6.07, 6.45) is 2.15. The Labute approximate surface area is 254 Å². The summed E-state index contributed by atoms with van der Waals surface area (Å²) >= 11 is 0. The van der Waals surface area contributed by atoms with Crippen LogP contribution in [-0.2, 0) is 26.0 Å². The van der Waals surface area contributed by atoms with Gasteiger partial charge in [0.25, 0.3) is 0 Å². The molecular weight excluding hydrogens is 570 g/mol. The van der Waals surface area contributed by atoms with Gasteiger partial charge in [0.1, 0.15) is 38.7 Å². The van der Waals surface area contributed by atoms with Gasteiger partial charge in [0.2, 0.25) is 11.8 Å². The van der Waals surface area contributed by atoms with Gasteiger partial charge in [0, 0.05) is 26.2 Å². The average molecular weight is 614 g/mol. The van der Waals surface area contributed by atoms with E-state index in [9.17, 15) is 23.1 Å². The maximum absolute atomic E-state index is 13.8. The lowest BCUT2D eigenvalue weighted by atomic mass is 9.79. The summed E-state index contributed by atoms with van der Waals surface area (Å²) in [4.78, 5) is 31.6. The SMILES string of the molecule is CCCCN1C(=O)[C@@H]([C@H](O)C2CCS(=O)(=O)CC2)NC(=O)C12CCN(Cc1ccc(Oc3ccc(OC)cc3)cc1)CC2. The smallest absolute Gasteiger partial charge is 0.248 e. The van der Waals surface area contributed by atoms with Gasteiger partial charge in [-0.3, -0.25) is 14.5 Å². The Morgan fingerprint density at radius 1 is 0.977 bits per heavy atom. The maximum Gasteiger partial charge on any atom is 0.248 e. The molecule has 0 aromatic heterocycles. The first-order valence-electron chi connectivity index (χ1n) is 15.3. The Morgan fingerprint density at radius 3 is 2.14 bits per heavy atom. The standard InChI is InChI=1S/C32H43N3O7S/c1-3-4-17-35-30(37)28(29(36)24-13-20-43(39,40)21-14-24)33-31(38)32(35)15-18-34(19-16-32)22-23-5-7-26(8-6-23)42-27-11-9-25(41-2)10-12-27/h5-12,24,28-29,36H,3-4,13-22H2,1-2H3,(H,33,38)/t28-,29-/m1/s1. The van der Waals surface area contributed by atoms with Crippen molar-refractivity contribution in [2.75, 3.05) is 38.2 Å². The zero-order valence-electron chi connectivity index (χ0n) is 25.0. The number of unbranched alkanes of at least 4 members (excludes halogenated alkanes) is 1. The second-order valence-electron chi connectivity index (χ2n) is 12.0. The quantitative estimate of drug-likeness (QED) is 0.419. The van der Waals surface area contributed by atoms with Gasteiger partial charge in [0.15, 0.2) is 0 Å². The third kappa shape index (κ3) is 6.99. The van der Waals surface area contributed by atoms with Gasteiger partial charge in [-0.05, 0) is 80.0 Å². The molecule has 2 aromatic carbocycles. The fourth-order valence-electron chi connectivity index (χ4n) is 6.51. The molecule has 3 heterocycles. The highest BCUT2D eigenvalue weighted by molar-refractivity contribution is 7.91. The van der Waals surface area contributed by atoms with E-state index in [0.717, 1.165) is 42.2 Å². The Hall–Kier alpha value is -3.15. The molecule has 2 aromatic rings. The summed E-state index contributed by atoms with van der Waals surface area (Å²) in [7, 11) is -1.48. The number of hydrogen-bond donors (Lipinski definition) is 2. The van der Waals surface area contributed by atoms with Crippen LogP contribution in [0.5, 0.6) is 17.2 Å². The summed E-state index contributed by atoms with van der Waals surface area (Å²) in [6.45, 7) is 4.53. The number of nitrogens with zero attached hydrogens (tertiary/aromatic N) is 2. The number of amides is 2. The second-order valence-corrected chi connectivity index (χ2v) is 14.3. The zero-order valence-corrected chi connectivity index (χ0v) is 25.9. The van der Waals surface area contributed by atoms with Crippen molar-refractivity contribution in [1.82, 2.24) is 15.1 Å². The van der Waals surface area contributed by atoms with Crippen LogP contribution in [0.3, 0.4) is 0 Å². The van der Waals surface area contributed by atoms with E-state index in [1.807, 2.05) is 55.5 Å². The lowest BCUT2D eigenvalue weighted by Gasteiger charge is -2.52. The molecular formula is C32H43N3O7S. The molecule has 3 saturated heterocycles. The summed E-state index contributed by atoms with van der Waals surface area (Å²) < 4.78 is 34.9. The first kappa shape index (κ1) is 31.3. The first-order chi connectivity index (χ1) is 20.6. The zero-order chi connectivity index (χ0) is 30.6. The number of carbonyl (C=O) groups excluding carboxylic acids is 2. The van der Waals surface area contributed by atoms with Gasteiger partial charge in [-0.25, -0.2) is 8.42 Å². The highest BCUT2D eigenvalue weighted by Gasteiger charge is 2.55. The van der Waals surface area contributed by atoms with E-state index in [2.05, 4.69) is 10.2 Å². The van der Waals surface area contributed by atoms with Crippen LogP contribution in [0.2, 0.25) is 0 Å². The number of aliphatic hydroxyl groups excluding tert-OH is 1. The van der Waals surface area contributed by atoms with Crippen LogP contribution in [0.15, 0.2) is 48.5 Å². The number of nitrogens with one attached hydrogen (secondary N) is 1. The molecule has 0 aliphatic carbocycles. The van der Waals surface area contributed by atoms with Crippen LogP contribution in [-0.4, -0.2) is 91.1 Å². The molecule has 5 rings (SSSR count). The van der Waals surface area contributed by atoms with Crippen LogP contribution >= 0.6 is 0 Å². The Bertz CT molecular complexity index is 1360. The topological polar surface area (TPSA) is 125 Å². The Balaban J connectivity index is 1.21. The van der Waals surface area contributed by atoms with E-state index in [-0.39, 0.29) is 29.2 Å². The number of hydrogen-bond acceptors (Lipinski definition) is 8. The minimum Gasteiger partial charge on any atom is -0.497 e. The first-order valence-corrected chi connectivity index (χ1v) is 17.1. The van der Waals surface area contributed by atoms with Crippen molar-refractivity contribution in [2.45, 2.75) is 69.7 Å². The number of piperazine rings is 1. The van der Waals surface area contributed by atoms with Crippen LogP contribution in [0.25, 0.3) is 0 Å². The highest BCUT2D eigenvalue weighted by Crippen LogP contribution is 2.36. The molecule has 3 aliphatic heterocycles. The molecule has 2 N–H and O–H groups in total. The molecule has 2 amide bonds. The largest absolute Gasteiger partial charge is 0.497 e. The summed E-state index contributed by atoms with van der Waals surface area (Å²) in [5.41, 5.74) is 0.188. The molecule has 0 saturated carbocycles. The van der Waals surface area contributed by atoms with E-state index in [1.54, 1.807) is 12.0 Å². The van der Waals surface area contributed by atoms with Crippen molar-refractivity contribution >= 4 is 21.7 Å². The number of aliphatic hydroxyl groups is 1. The van der Waals surface area contributed by atoms with Crippen molar-refractivity contribution in [3.8, 4) is 17.2 Å². The van der Waals surface area contributed by atoms with E-state index in [1.165, 1.54) is 0 Å². The highest BCUT2D eigenvalue weighted by atomic mass is 32.2. The number of sulfone groups is 1. The van der Waals surface area contributed by atoms with Crippen molar-refractivity contribution in [2.24, 2.45) is 5.92 Å². The molecule has 10 nitrogen and oxygen atoms in total. The summed E-state index contributed by atoms with van der Waals surface area (Å²) in [6, 6.07) is 14.3. The van der Waals surface area contributed by atoms with E-state index >= 15 is 0 Å². The molecule has 1 spiro atoms.